The lowest BCUT2D eigenvalue weighted by molar-refractivity contribution is 0.631. The van der Waals surface area contributed by atoms with E-state index in [1.165, 1.54) is 18.6 Å². The van der Waals surface area contributed by atoms with Crippen LogP contribution in [-0.2, 0) is 0 Å². The van der Waals surface area contributed by atoms with Crippen molar-refractivity contribution in [3.63, 3.8) is 0 Å². The number of allylic oxidation sites excluding steroid dienone is 1. The van der Waals surface area contributed by atoms with E-state index in [4.69, 9.17) is 11.1 Å². The van der Waals surface area contributed by atoms with E-state index < -0.39 is 0 Å². The van der Waals surface area contributed by atoms with E-state index >= 15 is 0 Å². The van der Waals surface area contributed by atoms with Crippen molar-refractivity contribution < 1.29 is 4.39 Å². The van der Waals surface area contributed by atoms with Crippen LogP contribution in [0, 0.1) is 11.2 Å². The number of benzene rings is 1. The fraction of sp³-hybridized carbons (Fsp3) is 0.167. The van der Waals surface area contributed by atoms with Crippen molar-refractivity contribution >= 4 is 23.2 Å². The van der Waals surface area contributed by atoms with Gasteiger partial charge in [-0.2, -0.15) is 5.10 Å². The molecule has 0 saturated heterocycles. The standard InChI is InChI=1S/C18H19FN6/c1-2-13(16-7-8-17-18(21)23-11-24-25(16)17)12(9-20)10-22-15-6-4-3-5-14(15)19/h3-11,13,20,22H,2H2,1H3,(H2,21,23,24)/b12-10+,20-9?. The smallest absolute Gasteiger partial charge is 0.151 e. The van der Waals surface area contributed by atoms with Gasteiger partial charge >= 0.3 is 0 Å². The lowest BCUT2D eigenvalue weighted by atomic mass is 9.94. The molecule has 0 aliphatic rings. The van der Waals surface area contributed by atoms with Crippen LogP contribution < -0.4 is 11.1 Å². The first-order chi connectivity index (χ1) is 12.2. The molecule has 0 aliphatic heterocycles. The molecule has 2 aromatic heterocycles. The molecule has 0 fully saturated rings. The first-order valence-electron chi connectivity index (χ1n) is 7.95. The second-order valence-corrected chi connectivity index (χ2v) is 5.57. The van der Waals surface area contributed by atoms with Gasteiger partial charge in [0.2, 0.25) is 0 Å². The highest BCUT2D eigenvalue weighted by atomic mass is 19.1. The average Bonchev–Trinajstić information content (AvgIpc) is 3.05. The summed E-state index contributed by atoms with van der Waals surface area (Å²) in [6.45, 7) is 2.02. The van der Waals surface area contributed by atoms with Gasteiger partial charge in [0.25, 0.3) is 0 Å². The minimum atomic E-state index is -0.343. The van der Waals surface area contributed by atoms with Gasteiger partial charge in [0.05, 0.1) is 11.4 Å². The highest BCUT2D eigenvalue weighted by Gasteiger charge is 2.19. The van der Waals surface area contributed by atoms with Gasteiger partial charge in [0.15, 0.2) is 5.82 Å². The van der Waals surface area contributed by atoms with E-state index in [0.717, 1.165) is 17.6 Å². The Balaban J connectivity index is 1.97. The number of hydrogen-bond donors (Lipinski definition) is 3. The summed E-state index contributed by atoms with van der Waals surface area (Å²) in [6.07, 6.45) is 5.08. The quantitative estimate of drug-likeness (QED) is 0.599. The molecule has 6 nitrogen and oxygen atoms in total. The number of halogens is 1. The van der Waals surface area contributed by atoms with Crippen molar-refractivity contribution in [2.45, 2.75) is 19.3 Å². The van der Waals surface area contributed by atoms with Crippen LogP contribution in [0.15, 0.2) is 54.5 Å². The molecule has 4 N–H and O–H groups in total. The molecule has 1 atom stereocenters. The summed E-state index contributed by atoms with van der Waals surface area (Å²) in [6, 6.07) is 10.2. The first kappa shape index (κ1) is 16.6. The normalized spacial score (nSPS) is 13.0. The third-order valence-electron chi connectivity index (χ3n) is 4.11. The maximum Gasteiger partial charge on any atom is 0.151 e. The molecule has 0 radical (unpaired) electrons. The second kappa shape index (κ2) is 7.12. The molecule has 7 heteroatoms. The maximum absolute atomic E-state index is 13.8. The van der Waals surface area contributed by atoms with Crippen LogP contribution in [-0.4, -0.2) is 20.8 Å². The Morgan fingerprint density at radius 1 is 1.36 bits per heavy atom. The molecule has 0 aliphatic carbocycles. The number of para-hydroxylation sites is 1. The topological polar surface area (TPSA) is 92.1 Å². The predicted octanol–water partition coefficient (Wildman–Crippen LogP) is 3.59. The van der Waals surface area contributed by atoms with E-state index in [-0.39, 0.29) is 11.7 Å². The van der Waals surface area contributed by atoms with Gasteiger partial charge in [-0.1, -0.05) is 19.1 Å². The van der Waals surface area contributed by atoms with Crippen molar-refractivity contribution in [3.8, 4) is 0 Å². The van der Waals surface area contributed by atoms with Crippen LogP contribution in [0.3, 0.4) is 0 Å². The largest absolute Gasteiger partial charge is 0.382 e. The van der Waals surface area contributed by atoms with Gasteiger partial charge in [-0.3, -0.25) is 0 Å². The van der Waals surface area contributed by atoms with Gasteiger partial charge < -0.3 is 16.5 Å². The summed E-state index contributed by atoms with van der Waals surface area (Å²) in [5, 5.41) is 15.0. The van der Waals surface area contributed by atoms with Gasteiger partial charge in [-0.15, -0.1) is 0 Å². The van der Waals surface area contributed by atoms with Gasteiger partial charge in [-0.25, -0.2) is 13.9 Å². The van der Waals surface area contributed by atoms with Crippen molar-refractivity contribution in [2.75, 3.05) is 11.1 Å². The molecule has 0 spiro atoms. The Hall–Kier alpha value is -3.22. The molecule has 128 valence electrons. The molecular weight excluding hydrogens is 319 g/mol. The Labute approximate surface area is 144 Å². The monoisotopic (exact) mass is 338 g/mol. The number of nitrogen functional groups attached to an aromatic ring is 1. The molecular formula is C18H19FN6. The van der Waals surface area contributed by atoms with Gasteiger partial charge in [0, 0.05) is 18.3 Å². The fourth-order valence-electron chi connectivity index (χ4n) is 2.83. The van der Waals surface area contributed by atoms with Gasteiger partial charge in [0.1, 0.15) is 17.7 Å². The number of anilines is 2. The lowest BCUT2D eigenvalue weighted by Crippen LogP contribution is -2.10. The Morgan fingerprint density at radius 2 is 2.16 bits per heavy atom. The molecule has 2 heterocycles. The van der Waals surface area contributed by atoms with E-state index in [0.29, 0.717) is 17.1 Å². The zero-order valence-electron chi connectivity index (χ0n) is 13.8. The van der Waals surface area contributed by atoms with Crippen molar-refractivity contribution in [1.29, 1.82) is 5.41 Å². The molecule has 1 aromatic carbocycles. The number of nitrogens with one attached hydrogen (secondary N) is 2. The summed E-state index contributed by atoms with van der Waals surface area (Å²) in [4.78, 5) is 3.99. The first-order valence-corrected chi connectivity index (χ1v) is 7.95. The van der Waals surface area contributed by atoms with Crippen molar-refractivity contribution in [1.82, 2.24) is 14.6 Å². The molecule has 25 heavy (non-hydrogen) atoms. The average molecular weight is 338 g/mol. The van der Waals surface area contributed by atoms with Gasteiger partial charge in [-0.05, 0) is 36.3 Å². The summed E-state index contributed by atoms with van der Waals surface area (Å²) in [5.74, 6) is -0.0284. The number of aromatic nitrogens is 3. The summed E-state index contributed by atoms with van der Waals surface area (Å²) < 4.78 is 15.5. The number of hydrogen-bond acceptors (Lipinski definition) is 5. The number of fused-ring (bicyclic) bond motifs is 1. The highest BCUT2D eigenvalue weighted by molar-refractivity contribution is 5.79. The van der Waals surface area contributed by atoms with E-state index in [1.54, 1.807) is 28.9 Å². The summed E-state index contributed by atoms with van der Waals surface area (Å²) in [7, 11) is 0. The molecule has 3 aromatic rings. The van der Waals surface area contributed by atoms with Crippen molar-refractivity contribution in [3.05, 3.63) is 66.0 Å². The van der Waals surface area contributed by atoms with Crippen LogP contribution >= 0.6 is 0 Å². The number of nitrogens with zero attached hydrogens (tertiary/aromatic N) is 3. The third-order valence-corrected chi connectivity index (χ3v) is 4.11. The Bertz CT molecular complexity index is 930. The molecule has 0 saturated carbocycles. The number of rotatable bonds is 6. The molecule has 0 bridgehead atoms. The van der Waals surface area contributed by atoms with E-state index in [9.17, 15) is 4.39 Å². The fourth-order valence-corrected chi connectivity index (χ4v) is 2.83. The molecule has 1 unspecified atom stereocenters. The zero-order chi connectivity index (χ0) is 17.8. The van der Waals surface area contributed by atoms with E-state index in [1.807, 2.05) is 19.1 Å². The maximum atomic E-state index is 13.8. The number of nitrogens with two attached hydrogens (primary N) is 1. The summed E-state index contributed by atoms with van der Waals surface area (Å²) >= 11 is 0. The SMILES string of the molecule is CCC(/C(C=N)=C/Nc1ccccc1F)c1ccc2c(N)ncnn12. The molecule has 0 amide bonds. The highest BCUT2D eigenvalue weighted by Crippen LogP contribution is 2.29. The minimum Gasteiger partial charge on any atom is -0.382 e. The van der Waals surface area contributed by atoms with Crippen LogP contribution in [0.1, 0.15) is 25.0 Å². The molecule has 3 rings (SSSR count). The minimum absolute atomic E-state index is 0.0893. The predicted molar refractivity (Wildman–Crippen MR) is 97.3 cm³/mol. The van der Waals surface area contributed by atoms with Crippen LogP contribution in [0.5, 0.6) is 0 Å². The summed E-state index contributed by atoms with van der Waals surface area (Å²) in [5.41, 5.74) is 8.58. The zero-order valence-corrected chi connectivity index (χ0v) is 13.8. The van der Waals surface area contributed by atoms with Crippen LogP contribution in [0.2, 0.25) is 0 Å². The lowest BCUT2D eigenvalue weighted by Gasteiger charge is -2.16. The Morgan fingerprint density at radius 3 is 2.88 bits per heavy atom. The Kier molecular flexibility index (Phi) is 4.74. The third kappa shape index (κ3) is 3.21. The van der Waals surface area contributed by atoms with Crippen LogP contribution in [0.4, 0.5) is 15.9 Å². The van der Waals surface area contributed by atoms with Crippen LogP contribution in [0.25, 0.3) is 5.52 Å². The second-order valence-electron chi connectivity index (χ2n) is 5.57. The van der Waals surface area contributed by atoms with Crippen molar-refractivity contribution in [2.24, 2.45) is 0 Å². The van der Waals surface area contributed by atoms with E-state index in [2.05, 4.69) is 15.4 Å².